The lowest BCUT2D eigenvalue weighted by molar-refractivity contribution is -0.137. The van der Waals surface area contributed by atoms with Crippen molar-refractivity contribution in [2.45, 2.75) is 13.1 Å². The van der Waals surface area contributed by atoms with Crippen LogP contribution >= 0.6 is 11.6 Å². The number of aromatic nitrogens is 6. The van der Waals surface area contributed by atoms with Crippen LogP contribution in [0.2, 0.25) is 5.02 Å². The number of aryl methyl sites for hydroxylation is 2. The van der Waals surface area contributed by atoms with Gasteiger partial charge in [0.2, 0.25) is 0 Å². The molecule has 0 aliphatic carbocycles. The van der Waals surface area contributed by atoms with Gasteiger partial charge in [-0.15, -0.1) is 0 Å². The molecule has 0 fully saturated rings. The number of nitrogens with one attached hydrogen (secondary N) is 1. The van der Waals surface area contributed by atoms with Crippen molar-refractivity contribution in [3.63, 3.8) is 0 Å². The predicted octanol–water partition coefficient (Wildman–Crippen LogP) is 2.35. The van der Waals surface area contributed by atoms with Crippen molar-refractivity contribution < 1.29 is 14.7 Å². The number of halogens is 1. The van der Waals surface area contributed by atoms with E-state index in [2.05, 4.69) is 20.4 Å². The quantitative estimate of drug-likeness (QED) is 0.361. The average Bonchev–Trinajstić information content (AvgIpc) is 3.42. The zero-order chi connectivity index (χ0) is 25.6. The maximum absolute atomic E-state index is 13.2. The van der Waals surface area contributed by atoms with Crippen molar-refractivity contribution in [3.8, 4) is 11.4 Å². The average molecular weight is 506 g/mol. The van der Waals surface area contributed by atoms with E-state index in [1.807, 2.05) is 6.20 Å². The first-order chi connectivity index (χ1) is 17.2. The Hall–Kier alpha value is -4.51. The Bertz CT molecular complexity index is 1720. The molecule has 0 saturated carbocycles. The first-order valence-corrected chi connectivity index (χ1v) is 11.2. The van der Waals surface area contributed by atoms with Crippen LogP contribution in [-0.4, -0.2) is 45.9 Å². The molecule has 4 aromatic heterocycles. The Morgan fingerprint density at radius 1 is 1.14 bits per heavy atom. The second kappa shape index (κ2) is 8.93. The molecule has 5 rings (SSSR count). The highest BCUT2D eigenvalue weighted by Gasteiger charge is 2.22. The maximum atomic E-state index is 13.2. The number of amides is 1. The molecule has 5 aromatic rings. The van der Waals surface area contributed by atoms with E-state index < -0.39 is 24.0 Å². The number of carbonyl (C=O) groups is 2. The van der Waals surface area contributed by atoms with Gasteiger partial charge < -0.3 is 15.0 Å². The standard InChI is InChI=1S/C24H20ClN7O4/c1-30-11-14(9-28-30)21-29-18-10-26-22-16(20(18)31(21)2)7-17(24(36)32(22)12-19(33)34)23(35)27-8-13-3-5-15(25)6-4-13/h3-7,9-11H,8,12H2,1-2H3,(H,27,35)(H,33,34). The first-order valence-electron chi connectivity index (χ1n) is 10.9. The minimum Gasteiger partial charge on any atom is -0.480 e. The molecule has 11 nitrogen and oxygen atoms in total. The Morgan fingerprint density at radius 2 is 1.89 bits per heavy atom. The van der Waals surface area contributed by atoms with Crippen LogP contribution in [0.5, 0.6) is 0 Å². The topological polar surface area (TPSA) is 137 Å². The molecule has 0 bridgehead atoms. The number of carboxylic acid groups (broad SMARTS) is 1. The van der Waals surface area contributed by atoms with Crippen LogP contribution in [0.4, 0.5) is 0 Å². The number of carbonyl (C=O) groups excluding carboxylic acids is 1. The summed E-state index contributed by atoms with van der Waals surface area (Å²) in [7, 11) is 3.59. The second-order valence-corrected chi connectivity index (χ2v) is 8.72. The number of imidazole rings is 1. The molecule has 0 atom stereocenters. The van der Waals surface area contributed by atoms with Crippen molar-refractivity contribution in [1.29, 1.82) is 0 Å². The number of carboxylic acids is 1. The van der Waals surface area contributed by atoms with Crippen molar-refractivity contribution in [2.24, 2.45) is 14.1 Å². The van der Waals surface area contributed by atoms with E-state index in [-0.39, 0.29) is 17.8 Å². The Morgan fingerprint density at radius 3 is 2.56 bits per heavy atom. The minimum absolute atomic E-state index is 0.143. The summed E-state index contributed by atoms with van der Waals surface area (Å²) in [5, 5.41) is 17.4. The highest BCUT2D eigenvalue weighted by Crippen LogP contribution is 2.28. The Labute approximate surface area is 208 Å². The van der Waals surface area contributed by atoms with E-state index in [4.69, 9.17) is 11.6 Å². The molecule has 1 aromatic carbocycles. The molecule has 4 heterocycles. The molecular weight excluding hydrogens is 486 g/mol. The summed E-state index contributed by atoms with van der Waals surface area (Å²) in [6, 6.07) is 8.36. The number of hydrogen-bond acceptors (Lipinski definition) is 6. The lowest BCUT2D eigenvalue weighted by Crippen LogP contribution is -2.34. The van der Waals surface area contributed by atoms with Gasteiger partial charge >= 0.3 is 5.97 Å². The number of nitrogens with zero attached hydrogens (tertiary/aromatic N) is 6. The number of aliphatic carboxylic acids is 1. The van der Waals surface area contributed by atoms with Crippen LogP contribution in [0.25, 0.3) is 33.5 Å². The predicted molar refractivity (Wildman–Crippen MR) is 133 cm³/mol. The van der Waals surface area contributed by atoms with E-state index in [9.17, 15) is 19.5 Å². The second-order valence-electron chi connectivity index (χ2n) is 8.28. The number of fused-ring (bicyclic) bond motifs is 3. The van der Waals surface area contributed by atoms with Gasteiger partial charge in [-0.1, -0.05) is 23.7 Å². The summed E-state index contributed by atoms with van der Waals surface area (Å²) in [6.07, 6.45) is 4.97. The molecule has 0 radical (unpaired) electrons. The summed E-state index contributed by atoms with van der Waals surface area (Å²) in [5.74, 6) is -1.26. The molecule has 0 saturated heterocycles. The van der Waals surface area contributed by atoms with Crippen LogP contribution in [0, 0.1) is 0 Å². The smallest absolute Gasteiger partial charge is 0.323 e. The van der Waals surface area contributed by atoms with Crippen molar-refractivity contribution in [2.75, 3.05) is 0 Å². The van der Waals surface area contributed by atoms with Gasteiger partial charge in [0.15, 0.2) is 0 Å². The Kier molecular flexibility index (Phi) is 5.77. The summed E-state index contributed by atoms with van der Waals surface area (Å²) >= 11 is 5.91. The van der Waals surface area contributed by atoms with Crippen molar-refractivity contribution in [1.82, 2.24) is 34.2 Å². The van der Waals surface area contributed by atoms with E-state index in [0.29, 0.717) is 27.3 Å². The SMILES string of the molecule is Cn1cc(-c2nc3cnc4c(cc(C(=O)NCc5ccc(Cl)cc5)c(=O)n4CC(=O)O)c3n2C)cn1. The number of pyridine rings is 2. The van der Waals surface area contributed by atoms with Crippen LogP contribution < -0.4 is 10.9 Å². The molecule has 12 heteroatoms. The fourth-order valence-electron chi connectivity index (χ4n) is 4.14. The molecule has 0 aliphatic rings. The van der Waals surface area contributed by atoms with E-state index in [1.165, 1.54) is 12.3 Å². The van der Waals surface area contributed by atoms with Crippen molar-refractivity contribution >= 4 is 45.5 Å². The minimum atomic E-state index is -1.24. The largest absolute Gasteiger partial charge is 0.480 e. The summed E-state index contributed by atoms with van der Waals surface area (Å²) in [5.41, 5.74) is 1.88. The fourth-order valence-corrected chi connectivity index (χ4v) is 4.27. The van der Waals surface area contributed by atoms with Gasteiger partial charge in [-0.25, -0.2) is 9.97 Å². The van der Waals surface area contributed by atoms with Gasteiger partial charge in [0.05, 0.1) is 23.5 Å². The first kappa shape index (κ1) is 23.2. The lowest BCUT2D eigenvalue weighted by atomic mass is 10.1. The third kappa shape index (κ3) is 4.09. The van der Waals surface area contributed by atoms with Gasteiger partial charge in [-0.3, -0.25) is 23.6 Å². The summed E-state index contributed by atoms with van der Waals surface area (Å²) in [4.78, 5) is 46.9. The van der Waals surface area contributed by atoms with E-state index in [0.717, 1.165) is 15.7 Å². The van der Waals surface area contributed by atoms with Crippen molar-refractivity contribution in [3.05, 3.63) is 75.4 Å². The third-order valence-corrected chi connectivity index (χ3v) is 6.07. The number of benzene rings is 1. The monoisotopic (exact) mass is 505 g/mol. The molecular formula is C24H20ClN7O4. The zero-order valence-corrected chi connectivity index (χ0v) is 20.0. The van der Waals surface area contributed by atoms with E-state index >= 15 is 0 Å². The van der Waals surface area contributed by atoms with Gasteiger partial charge in [-0.05, 0) is 23.8 Å². The molecule has 0 spiro atoms. The van der Waals surface area contributed by atoms with Gasteiger partial charge in [-0.2, -0.15) is 5.10 Å². The van der Waals surface area contributed by atoms with Crippen LogP contribution in [-0.2, 0) is 32.0 Å². The molecule has 36 heavy (non-hydrogen) atoms. The van der Waals surface area contributed by atoms with Crippen LogP contribution in [0.3, 0.4) is 0 Å². The summed E-state index contributed by atoms with van der Waals surface area (Å²) in [6.45, 7) is -0.495. The molecule has 0 aliphatic heterocycles. The maximum Gasteiger partial charge on any atom is 0.323 e. The van der Waals surface area contributed by atoms with Gasteiger partial charge in [0.25, 0.3) is 11.5 Å². The third-order valence-electron chi connectivity index (χ3n) is 5.81. The molecule has 0 unspecified atom stereocenters. The van der Waals surface area contributed by atoms with Gasteiger partial charge in [0, 0.05) is 37.2 Å². The highest BCUT2D eigenvalue weighted by atomic mass is 35.5. The zero-order valence-electron chi connectivity index (χ0n) is 19.3. The normalized spacial score (nSPS) is 11.3. The molecule has 2 N–H and O–H groups in total. The number of hydrogen-bond donors (Lipinski definition) is 2. The lowest BCUT2D eigenvalue weighted by Gasteiger charge is -2.12. The molecule has 1 amide bonds. The fraction of sp³-hybridized carbons (Fsp3) is 0.167. The Balaban J connectivity index is 1.67. The highest BCUT2D eigenvalue weighted by molar-refractivity contribution is 6.30. The summed E-state index contributed by atoms with van der Waals surface area (Å²) < 4.78 is 4.45. The number of rotatable bonds is 6. The van der Waals surface area contributed by atoms with Crippen LogP contribution in [0.1, 0.15) is 15.9 Å². The molecule has 182 valence electrons. The van der Waals surface area contributed by atoms with Crippen LogP contribution in [0.15, 0.2) is 53.7 Å². The van der Waals surface area contributed by atoms with Gasteiger partial charge in [0.1, 0.15) is 29.1 Å². The van der Waals surface area contributed by atoms with E-state index in [1.54, 1.807) is 53.8 Å².